The fourth-order valence-corrected chi connectivity index (χ4v) is 1.98. The minimum atomic E-state index is -2.29. The normalized spacial score (nSPS) is 11.0. The van der Waals surface area contributed by atoms with Crippen LogP contribution in [0.1, 0.15) is 15.9 Å². The molecule has 2 aromatic rings. The average Bonchev–Trinajstić information content (AvgIpc) is 2.61. The van der Waals surface area contributed by atoms with E-state index in [2.05, 4.69) is 5.10 Å². The maximum atomic E-state index is 13.5. The minimum Gasteiger partial charge on any atom is -0.496 e. The standard InChI is InChI=1S/C15H8ClF5N2O2/c1-25-9-3-2-6(16)4-7(9)15(24)23-22-5-8-10(17)12(19)14(21)13(20)11(8)18/h2-5H,1H3,(H,23,24). The molecule has 10 heteroatoms. The van der Waals surface area contributed by atoms with E-state index in [1.807, 2.05) is 5.43 Å². The van der Waals surface area contributed by atoms with Gasteiger partial charge in [-0.15, -0.1) is 0 Å². The van der Waals surface area contributed by atoms with Gasteiger partial charge in [0.25, 0.3) is 5.91 Å². The Kier molecular flexibility index (Phi) is 5.58. The van der Waals surface area contributed by atoms with Gasteiger partial charge in [-0.25, -0.2) is 27.4 Å². The van der Waals surface area contributed by atoms with Crippen LogP contribution in [-0.4, -0.2) is 19.2 Å². The lowest BCUT2D eigenvalue weighted by Crippen LogP contribution is -2.19. The Morgan fingerprint density at radius 2 is 1.64 bits per heavy atom. The quantitative estimate of drug-likeness (QED) is 0.289. The van der Waals surface area contributed by atoms with E-state index in [1.165, 1.54) is 25.3 Å². The highest BCUT2D eigenvalue weighted by Crippen LogP contribution is 2.23. The highest BCUT2D eigenvalue weighted by Gasteiger charge is 2.24. The summed E-state index contributed by atoms with van der Waals surface area (Å²) in [5, 5.41) is 3.40. The number of carbonyl (C=O) groups is 1. The van der Waals surface area contributed by atoms with Crippen molar-refractivity contribution in [2.75, 3.05) is 7.11 Å². The van der Waals surface area contributed by atoms with E-state index in [9.17, 15) is 26.7 Å². The van der Waals surface area contributed by atoms with Gasteiger partial charge in [0, 0.05) is 5.02 Å². The molecule has 2 rings (SSSR count). The summed E-state index contributed by atoms with van der Waals surface area (Å²) >= 11 is 5.75. The molecule has 0 bridgehead atoms. The van der Waals surface area contributed by atoms with Crippen LogP contribution in [0, 0.1) is 29.1 Å². The van der Waals surface area contributed by atoms with Crippen molar-refractivity contribution in [1.29, 1.82) is 0 Å². The average molecular weight is 379 g/mol. The number of halogens is 6. The largest absolute Gasteiger partial charge is 0.496 e. The first kappa shape index (κ1) is 18.7. The molecule has 0 fully saturated rings. The number of methoxy groups -OCH3 is 1. The molecule has 0 radical (unpaired) electrons. The zero-order valence-corrected chi connectivity index (χ0v) is 13.1. The summed E-state index contributed by atoms with van der Waals surface area (Å²) in [5.41, 5.74) is 0.529. The van der Waals surface area contributed by atoms with Gasteiger partial charge in [0.2, 0.25) is 5.82 Å². The van der Waals surface area contributed by atoms with Crippen LogP contribution in [0.2, 0.25) is 5.02 Å². The van der Waals surface area contributed by atoms with E-state index >= 15 is 0 Å². The van der Waals surface area contributed by atoms with Gasteiger partial charge < -0.3 is 4.74 Å². The molecule has 0 atom stereocenters. The van der Waals surface area contributed by atoms with E-state index < -0.39 is 40.6 Å². The van der Waals surface area contributed by atoms with Crippen LogP contribution in [0.5, 0.6) is 5.75 Å². The van der Waals surface area contributed by atoms with Crippen molar-refractivity contribution in [3.63, 3.8) is 0 Å². The summed E-state index contributed by atoms with van der Waals surface area (Å²) in [5.74, 6) is -11.4. The Morgan fingerprint density at radius 1 is 1.08 bits per heavy atom. The predicted octanol–water partition coefficient (Wildman–Crippen LogP) is 3.81. The molecule has 0 saturated carbocycles. The van der Waals surface area contributed by atoms with Gasteiger partial charge in [-0.05, 0) is 18.2 Å². The van der Waals surface area contributed by atoms with Crippen molar-refractivity contribution < 1.29 is 31.5 Å². The van der Waals surface area contributed by atoms with Gasteiger partial charge in [-0.2, -0.15) is 5.10 Å². The van der Waals surface area contributed by atoms with Crippen molar-refractivity contribution in [2.45, 2.75) is 0 Å². The fraction of sp³-hybridized carbons (Fsp3) is 0.0667. The smallest absolute Gasteiger partial charge is 0.275 e. The van der Waals surface area contributed by atoms with Gasteiger partial charge in [0.05, 0.1) is 24.5 Å². The van der Waals surface area contributed by atoms with Crippen molar-refractivity contribution >= 4 is 23.7 Å². The van der Waals surface area contributed by atoms with Crippen molar-refractivity contribution in [2.24, 2.45) is 5.10 Å². The van der Waals surface area contributed by atoms with Crippen LogP contribution in [0.4, 0.5) is 22.0 Å². The monoisotopic (exact) mass is 378 g/mol. The third kappa shape index (κ3) is 3.71. The first-order chi connectivity index (χ1) is 11.8. The molecule has 0 aliphatic carbocycles. The molecular weight excluding hydrogens is 371 g/mol. The van der Waals surface area contributed by atoms with Crippen LogP contribution in [0.15, 0.2) is 23.3 Å². The molecule has 1 N–H and O–H groups in total. The number of nitrogens with zero attached hydrogens (tertiary/aromatic N) is 1. The third-order valence-electron chi connectivity index (χ3n) is 3.01. The van der Waals surface area contributed by atoms with Crippen LogP contribution < -0.4 is 10.2 Å². The molecule has 132 valence electrons. The summed E-state index contributed by atoms with van der Waals surface area (Å²) in [4.78, 5) is 12.0. The molecule has 0 saturated heterocycles. The maximum absolute atomic E-state index is 13.5. The van der Waals surface area contributed by atoms with Gasteiger partial charge in [-0.1, -0.05) is 11.6 Å². The second kappa shape index (κ2) is 7.47. The number of hydrogen-bond donors (Lipinski definition) is 1. The van der Waals surface area contributed by atoms with E-state index in [1.54, 1.807) is 0 Å². The summed E-state index contributed by atoms with van der Waals surface area (Å²) in [6.45, 7) is 0. The van der Waals surface area contributed by atoms with Gasteiger partial charge in [-0.3, -0.25) is 4.79 Å². The Labute approximate surface area is 142 Å². The topological polar surface area (TPSA) is 50.7 Å². The number of hydrogen-bond acceptors (Lipinski definition) is 3. The van der Waals surface area contributed by atoms with Crippen molar-refractivity contribution in [1.82, 2.24) is 5.43 Å². The molecule has 1 amide bonds. The number of carbonyl (C=O) groups excluding carboxylic acids is 1. The maximum Gasteiger partial charge on any atom is 0.275 e. The second-order valence-corrected chi connectivity index (χ2v) is 4.96. The molecule has 0 unspecified atom stereocenters. The van der Waals surface area contributed by atoms with Gasteiger partial charge >= 0.3 is 0 Å². The van der Waals surface area contributed by atoms with Crippen LogP contribution in [-0.2, 0) is 0 Å². The number of hydrazone groups is 1. The van der Waals surface area contributed by atoms with Crippen LogP contribution in [0.25, 0.3) is 0 Å². The lowest BCUT2D eigenvalue weighted by atomic mass is 10.2. The second-order valence-electron chi connectivity index (χ2n) is 4.53. The Balaban J connectivity index is 2.28. The Morgan fingerprint density at radius 3 is 2.20 bits per heavy atom. The molecule has 2 aromatic carbocycles. The predicted molar refractivity (Wildman–Crippen MR) is 79.3 cm³/mol. The first-order valence-corrected chi connectivity index (χ1v) is 6.84. The fourth-order valence-electron chi connectivity index (χ4n) is 1.81. The summed E-state index contributed by atoms with van der Waals surface area (Å²) in [7, 11) is 1.29. The van der Waals surface area contributed by atoms with E-state index in [0.717, 1.165) is 0 Å². The molecule has 0 spiro atoms. The third-order valence-corrected chi connectivity index (χ3v) is 3.24. The van der Waals surface area contributed by atoms with Crippen LogP contribution >= 0.6 is 11.6 Å². The molecule has 25 heavy (non-hydrogen) atoms. The van der Waals surface area contributed by atoms with E-state index in [4.69, 9.17) is 16.3 Å². The van der Waals surface area contributed by atoms with Gasteiger partial charge in [0.1, 0.15) is 5.75 Å². The van der Waals surface area contributed by atoms with Crippen LogP contribution in [0.3, 0.4) is 0 Å². The summed E-state index contributed by atoms with van der Waals surface area (Å²) < 4.78 is 70.9. The highest BCUT2D eigenvalue weighted by molar-refractivity contribution is 6.31. The SMILES string of the molecule is COc1ccc(Cl)cc1C(=O)NN=Cc1c(F)c(F)c(F)c(F)c1F. The number of amides is 1. The molecule has 0 heterocycles. The molecule has 0 aliphatic rings. The molecule has 0 aromatic heterocycles. The highest BCUT2D eigenvalue weighted by atomic mass is 35.5. The minimum absolute atomic E-state index is 0.0513. The number of nitrogens with one attached hydrogen (secondary N) is 1. The number of benzene rings is 2. The zero-order valence-electron chi connectivity index (χ0n) is 12.3. The molecule has 0 aliphatic heterocycles. The Bertz CT molecular complexity index is 844. The number of rotatable bonds is 4. The summed E-state index contributed by atoms with van der Waals surface area (Å²) in [6, 6.07) is 4.09. The van der Waals surface area contributed by atoms with Crippen molar-refractivity contribution in [3.8, 4) is 5.75 Å². The summed E-state index contributed by atoms with van der Waals surface area (Å²) in [6.07, 6.45) is 0.297. The first-order valence-electron chi connectivity index (χ1n) is 6.46. The lowest BCUT2D eigenvalue weighted by molar-refractivity contribution is 0.0952. The van der Waals surface area contributed by atoms with Crippen molar-refractivity contribution in [3.05, 3.63) is 63.4 Å². The van der Waals surface area contributed by atoms with Gasteiger partial charge in [0.15, 0.2) is 23.3 Å². The molecular formula is C15H8ClF5N2O2. The van der Waals surface area contributed by atoms with E-state index in [0.29, 0.717) is 6.21 Å². The number of ether oxygens (including phenoxy) is 1. The van der Waals surface area contributed by atoms with E-state index in [-0.39, 0.29) is 16.3 Å². The Hall–Kier alpha value is -2.68. The zero-order chi connectivity index (χ0) is 18.7. The lowest BCUT2D eigenvalue weighted by Gasteiger charge is -2.07. The molecule has 4 nitrogen and oxygen atoms in total.